The minimum atomic E-state index is -0.354. The Labute approximate surface area is 183 Å². The van der Waals surface area contributed by atoms with Gasteiger partial charge in [-0.1, -0.05) is 11.3 Å². The smallest absolute Gasteiger partial charge is 0.279 e. The maximum atomic E-state index is 13.0. The van der Waals surface area contributed by atoms with Crippen molar-refractivity contribution in [3.63, 3.8) is 0 Å². The van der Waals surface area contributed by atoms with Crippen molar-refractivity contribution in [2.75, 3.05) is 40.6 Å². The van der Waals surface area contributed by atoms with Crippen LogP contribution in [-0.4, -0.2) is 51.1 Å². The molecular formula is C22H24N2O6S. The number of aromatic nitrogens is 1. The van der Waals surface area contributed by atoms with Crippen molar-refractivity contribution in [1.82, 2.24) is 4.57 Å². The van der Waals surface area contributed by atoms with Gasteiger partial charge in [0.15, 0.2) is 27.8 Å². The standard InChI is InChI=1S/C22H24N2O6S/c1-4-28-8-7-24-15-12-17(26-2)18(27-3)13-20(15)31-22(24)23-21(25)14-5-6-16-19(11-14)30-10-9-29-16/h5-6,11-13H,4,7-10H2,1-3H3. The van der Waals surface area contributed by atoms with Crippen molar-refractivity contribution < 1.29 is 28.5 Å². The van der Waals surface area contributed by atoms with Crippen LogP contribution in [0.25, 0.3) is 10.2 Å². The SMILES string of the molecule is CCOCCn1c(=NC(=O)c2ccc3c(c2)OCCO3)sc2cc(OC)c(OC)cc21. The van der Waals surface area contributed by atoms with Crippen LogP contribution in [0.4, 0.5) is 0 Å². The number of ether oxygens (including phenoxy) is 5. The summed E-state index contributed by atoms with van der Waals surface area (Å²) in [5, 5.41) is 0. The number of carbonyl (C=O) groups is 1. The zero-order valence-corrected chi connectivity index (χ0v) is 18.5. The quantitative estimate of drug-likeness (QED) is 0.521. The van der Waals surface area contributed by atoms with Gasteiger partial charge in [-0.25, -0.2) is 0 Å². The van der Waals surface area contributed by atoms with Crippen molar-refractivity contribution in [3.8, 4) is 23.0 Å². The molecule has 0 radical (unpaired) electrons. The van der Waals surface area contributed by atoms with Gasteiger partial charge in [0, 0.05) is 30.8 Å². The van der Waals surface area contributed by atoms with E-state index in [0.29, 0.717) is 66.3 Å². The van der Waals surface area contributed by atoms with Gasteiger partial charge in [0.2, 0.25) is 0 Å². The van der Waals surface area contributed by atoms with E-state index in [0.717, 1.165) is 10.2 Å². The molecule has 9 heteroatoms. The first-order valence-electron chi connectivity index (χ1n) is 9.96. The van der Waals surface area contributed by atoms with Crippen LogP contribution in [0.3, 0.4) is 0 Å². The number of hydrogen-bond acceptors (Lipinski definition) is 7. The van der Waals surface area contributed by atoms with E-state index in [1.54, 1.807) is 32.4 Å². The number of nitrogens with zero attached hydrogens (tertiary/aromatic N) is 2. The lowest BCUT2D eigenvalue weighted by Gasteiger charge is -2.18. The highest BCUT2D eigenvalue weighted by Gasteiger charge is 2.16. The van der Waals surface area contributed by atoms with E-state index in [4.69, 9.17) is 23.7 Å². The molecule has 3 aromatic rings. The number of fused-ring (bicyclic) bond motifs is 2. The molecule has 1 aliphatic rings. The van der Waals surface area contributed by atoms with Gasteiger partial charge >= 0.3 is 0 Å². The zero-order valence-electron chi connectivity index (χ0n) is 17.7. The van der Waals surface area contributed by atoms with Crippen LogP contribution in [0.2, 0.25) is 0 Å². The Balaban J connectivity index is 1.78. The molecule has 2 heterocycles. The summed E-state index contributed by atoms with van der Waals surface area (Å²) < 4.78 is 30.4. The molecule has 0 unspecified atom stereocenters. The molecule has 0 atom stereocenters. The molecule has 31 heavy (non-hydrogen) atoms. The topological polar surface area (TPSA) is 80.5 Å². The molecule has 0 saturated carbocycles. The Kier molecular flexibility index (Phi) is 6.43. The van der Waals surface area contributed by atoms with Crippen LogP contribution in [0.15, 0.2) is 35.3 Å². The summed E-state index contributed by atoms with van der Waals surface area (Å²) in [5.74, 6) is 2.08. The molecule has 0 bridgehead atoms. The third-order valence-corrected chi connectivity index (χ3v) is 5.88. The van der Waals surface area contributed by atoms with Gasteiger partial charge in [0.25, 0.3) is 5.91 Å². The summed E-state index contributed by atoms with van der Waals surface area (Å²) in [6.45, 7) is 4.57. The van der Waals surface area contributed by atoms with E-state index in [9.17, 15) is 4.79 Å². The van der Waals surface area contributed by atoms with Gasteiger partial charge in [-0.05, 0) is 25.1 Å². The maximum Gasteiger partial charge on any atom is 0.279 e. The van der Waals surface area contributed by atoms with Gasteiger partial charge in [-0.15, -0.1) is 0 Å². The second kappa shape index (κ2) is 9.40. The number of thiazole rings is 1. The van der Waals surface area contributed by atoms with E-state index < -0.39 is 0 Å². The lowest BCUT2D eigenvalue weighted by atomic mass is 10.2. The fourth-order valence-corrected chi connectivity index (χ4v) is 4.39. The summed E-state index contributed by atoms with van der Waals surface area (Å²) in [5.41, 5.74) is 1.34. The van der Waals surface area contributed by atoms with Gasteiger partial charge in [-0.3, -0.25) is 4.79 Å². The third kappa shape index (κ3) is 4.38. The third-order valence-electron chi connectivity index (χ3n) is 4.84. The lowest BCUT2D eigenvalue weighted by Crippen LogP contribution is -2.20. The molecule has 0 saturated heterocycles. The highest BCUT2D eigenvalue weighted by molar-refractivity contribution is 7.16. The molecule has 0 fully saturated rings. The fourth-order valence-electron chi connectivity index (χ4n) is 3.33. The minimum absolute atomic E-state index is 0.354. The number of amides is 1. The van der Waals surface area contributed by atoms with Crippen LogP contribution in [0.5, 0.6) is 23.0 Å². The number of carbonyl (C=O) groups excluding carboxylic acids is 1. The fraction of sp³-hybridized carbons (Fsp3) is 0.364. The highest BCUT2D eigenvalue weighted by Crippen LogP contribution is 2.34. The number of hydrogen-bond donors (Lipinski definition) is 0. The average molecular weight is 445 g/mol. The molecule has 1 amide bonds. The second-order valence-corrected chi connectivity index (χ2v) is 7.69. The molecule has 1 aliphatic heterocycles. The van der Waals surface area contributed by atoms with E-state index in [2.05, 4.69) is 4.99 Å². The predicted octanol–water partition coefficient (Wildman–Crippen LogP) is 3.27. The summed E-state index contributed by atoms with van der Waals surface area (Å²) >= 11 is 1.41. The van der Waals surface area contributed by atoms with E-state index in [1.165, 1.54) is 11.3 Å². The summed E-state index contributed by atoms with van der Waals surface area (Å²) in [4.78, 5) is 17.9. The molecule has 1 aromatic heterocycles. The predicted molar refractivity (Wildman–Crippen MR) is 117 cm³/mol. The first-order valence-corrected chi connectivity index (χ1v) is 10.8. The van der Waals surface area contributed by atoms with Crippen LogP contribution in [0, 0.1) is 0 Å². The van der Waals surface area contributed by atoms with Crippen molar-refractivity contribution in [2.45, 2.75) is 13.5 Å². The molecule has 0 N–H and O–H groups in total. The van der Waals surface area contributed by atoms with Crippen molar-refractivity contribution in [2.24, 2.45) is 4.99 Å². The summed E-state index contributed by atoms with van der Waals surface area (Å²) in [6.07, 6.45) is 0. The van der Waals surface area contributed by atoms with Crippen LogP contribution in [0.1, 0.15) is 17.3 Å². The van der Waals surface area contributed by atoms with Gasteiger partial charge in [-0.2, -0.15) is 4.99 Å². The number of rotatable bonds is 7. The Morgan fingerprint density at radius 3 is 2.58 bits per heavy atom. The van der Waals surface area contributed by atoms with Crippen molar-refractivity contribution >= 4 is 27.5 Å². The first kappa shape index (κ1) is 21.2. The number of methoxy groups -OCH3 is 2. The number of benzene rings is 2. The first-order chi connectivity index (χ1) is 15.1. The molecule has 0 aliphatic carbocycles. The molecule has 8 nitrogen and oxygen atoms in total. The van der Waals surface area contributed by atoms with E-state index in [-0.39, 0.29) is 5.91 Å². The molecule has 0 spiro atoms. The van der Waals surface area contributed by atoms with E-state index >= 15 is 0 Å². The van der Waals surface area contributed by atoms with E-state index in [1.807, 2.05) is 23.6 Å². The Morgan fingerprint density at radius 2 is 1.84 bits per heavy atom. The van der Waals surface area contributed by atoms with Crippen LogP contribution in [-0.2, 0) is 11.3 Å². The maximum absolute atomic E-state index is 13.0. The Hall–Kier alpha value is -3.04. The zero-order chi connectivity index (χ0) is 21.8. The van der Waals surface area contributed by atoms with Gasteiger partial charge < -0.3 is 28.3 Å². The normalized spacial score (nSPS) is 13.5. The molecule has 2 aromatic carbocycles. The monoisotopic (exact) mass is 444 g/mol. The van der Waals surface area contributed by atoms with Crippen LogP contribution >= 0.6 is 11.3 Å². The second-order valence-electron chi connectivity index (χ2n) is 6.68. The van der Waals surface area contributed by atoms with Crippen molar-refractivity contribution in [1.29, 1.82) is 0 Å². The lowest BCUT2D eigenvalue weighted by molar-refractivity contribution is 0.0995. The summed E-state index contributed by atoms with van der Waals surface area (Å²) in [6, 6.07) is 8.89. The molecular weight excluding hydrogens is 420 g/mol. The highest BCUT2D eigenvalue weighted by atomic mass is 32.1. The summed E-state index contributed by atoms with van der Waals surface area (Å²) in [7, 11) is 3.19. The largest absolute Gasteiger partial charge is 0.493 e. The Bertz CT molecular complexity index is 1170. The molecule has 164 valence electrons. The van der Waals surface area contributed by atoms with Gasteiger partial charge in [0.1, 0.15) is 13.2 Å². The average Bonchev–Trinajstić information content (AvgIpc) is 3.13. The minimum Gasteiger partial charge on any atom is -0.493 e. The Morgan fingerprint density at radius 1 is 1.10 bits per heavy atom. The van der Waals surface area contributed by atoms with Gasteiger partial charge in [0.05, 0.1) is 31.0 Å². The van der Waals surface area contributed by atoms with Crippen LogP contribution < -0.4 is 23.7 Å². The van der Waals surface area contributed by atoms with Crippen molar-refractivity contribution in [3.05, 3.63) is 40.7 Å². The molecule has 4 rings (SSSR count).